The maximum atomic E-state index is 11.4. The van der Waals surface area contributed by atoms with Gasteiger partial charge >= 0.3 is 0 Å². The Labute approximate surface area is 93.3 Å². The summed E-state index contributed by atoms with van der Waals surface area (Å²) >= 11 is 0. The van der Waals surface area contributed by atoms with E-state index in [1.54, 1.807) is 0 Å². The molecule has 0 saturated heterocycles. The molecule has 84 valence electrons. The number of aromatic nitrogens is 2. The zero-order valence-corrected chi connectivity index (χ0v) is 9.08. The summed E-state index contributed by atoms with van der Waals surface area (Å²) < 4.78 is 0. The molecule has 1 amide bonds. The number of fused-ring (bicyclic) bond motifs is 1. The Hall–Kier alpha value is -1.88. The number of benzene rings is 1. The van der Waals surface area contributed by atoms with Crippen molar-refractivity contribution in [2.75, 3.05) is 18.9 Å². The van der Waals surface area contributed by atoms with E-state index in [4.69, 9.17) is 0 Å². The zero-order valence-electron chi connectivity index (χ0n) is 9.08. The van der Waals surface area contributed by atoms with Crippen molar-refractivity contribution in [3.05, 3.63) is 24.3 Å². The molecule has 0 bridgehead atoms. The first-order valence-corrected chi connectivity index (χ1v) is 5.19. The van der Waals surface area contributed by atoms with Crippen LogP contribution in [0.4, 0.5) is 5.95 Å². The van der Waals surface area contributed by atoms with E-state index in [-0.39, 0.29) is 5.91 Å². The van der Waals surface area contributed by atoms with Crippen LogP contribution in [0.2, 0.25) is 0 Å². The minimum atomic E-state index is -0.0478. The third-order valence-electron chi connectivity index (χ3n) is 2.25. The van der Waals surface area contributed by atoms with Crippen LogP contribution in [0.3, 0.4) is 0 Å². The second-order valence-corrected chi connectivity index (χ2v) is 3.50. The molecule has 0 unspecified atom stereocenters. The van der Waals surface area contributed by atoms with Crippen molar-refractivity contribution >= 4 is 22.9 Å². The molecule has 0 fully saturated rings. The Morgan fingerprint density at radius 1 is 1.44 bits per heavy atom. The van der Waals surface area contributed by atoms with Gasteiger partial charge in [0.2, 0.25) is 11.9 Å². The number of nitrogens with zero attached hydrogens (tertiary/aromatic N) is 1. The summed E-state index contributed by atoms with van der Waals surface area (Å²) in [6, 6.07) is 7.66. The topological polar surface area (TPSA) is 69.8 Å². The summed E-state index contributed by atoms with van der Waals surface area (Å²) in [5, 5.41) is 5.64. The smallest absolute Gasteiger partial charge is 0.227 e. The monoisotopic (exact) mass is 218 g/mol. The molecule has 0 radical (unpaired) electrons. The van der Waals surface area contributed by atoms with Crippen molar-refractivity contribution < 1.29 is 4.79 Å². The quantitative estimate of drug-likeness (QED) is 0.720. The van der Waals surface area contributed by atoms with Crippen molar-refractivity contribution in [3.8, 4) is 0 Å². The molecule has 5 nitrogen and oxygen atoms in total. The molecule has 5 heteroatoms. The van der Waals surface area contributed by atoms with Crippen LogP contribution in [-0.2, 0) is 4.79 Å². The van der Waals surface area contributed by atoms with Crippen LogP contribution >= 0.6 is 0 Å². The molecule has 0 atom stereocenters. The predicted molar refractivity (Wildman–Crippen MR) is 63.3 cm³/mol. The van der Waals surface area contributed by atoms with Gasteiger partial charge in [-0.25, -0.2) is 4.98 Å². The van der Waals surface area contributed by atoms with Gasteiger partial charge < -0.3 is 10.3 Å². The summed E-state index contributed by atoms with van der Waals surface area (Å²) in [6.45, 7) is 0.659. The summed E-state index contributed by atoms with van der Waals surface area (Å²) in [4.78, 5) is 18.7. The van der Waals surface area contributed by atoms with Crippen LogP contribution in [0.15, 0.2) is 24.3 Å². The fourth-order valence-electron chi connectivity index (χ4n) is 1.45. The first-order valence-electron chi connectivity index (χ1n) is 5.19. The lowest BCUT2D eigenvalue weighted by molar-refractivity contribution is -0.116. The van der Waals surface area contributed by atoms with E-state index in [1.165, 1.54) is 0 Å². The SMILES string of the molecule is CNCCC(=O)Nc1nc2ccccc2[nH]1. The predicted octanol–water partition coefficient (Wildman–Crippen LogP) is 1.11. The molecule has 1 heterocycles. The van der Waals surface area contributed by atoms with Gasteiger partial charge in [0, 0.05) is 13.0 Å². The third-order valence-corrected chi connectivity index (χ3v) is 2.25. The Kier molecular flexibility index (Phi) is 3.16. The molecular formula is C11H14N4O. The molecule has 0 spiro atoms. The zero-order chi connectivity index (χ0) is 11.4. The molecule has 3 N–H and O–H groups in total. The first-order chi connectivity index (χ1) is 7.79. The molecule has 1 aromatic carbocycles. The van der Waals surface area contributed by atoms with Gasteiger partial charge in [-0.1, -0.05) is 12.1 Å². The van der Waals surface area contributed by atoms with Gasteiger partial charge in [-0.15, -0.1) is 0 Å². The summed E-state index contributed by atoms with van der Waals surface area (Å²) in [5.41, 5.74) is 1.78. The number of amides is 1. The lowest BCUT2D eigenvalue weighted by Gasteiger charge is -2.00. The summed E-state index contributed by atoms with van der Waals surface area (Å²) in [7, 11) is 1.81. The van der Waals surface area contributed by atoms with Gasteiger partial charge in [-0.2, -0.15) is 0 Å². The highest BCUT2D eigenvalue weighted by Crippen LogP contribution is 2.13. The lowest BCUT2D eigenvalue weighted by Crippen LogP contribution is -2.19. The highest BCUT2D eigenvalue weighted by Gasteiger charge is 2.05. The molecule has 0 aliphatic rings. The molecule has 16 heavy (non-hydrogen) atoms. The number of para-hydroxylation sites is 2. The molecule has 0 aliphatic heterocycles. The molecule has 0 aliphatic carbocycles. The second kappa shape index (κ2) is 4.76. The van der Waals surface area contributed by atoms with E-state index >= 15 is 0 Å². The normalized spacial score (nSPS) is 10.6. The van der Waals surface area contributed by atoms with E-state index in [0.29, 0.717) is 18.9 Å². The Balaban J connectivity index is 2.07. The highest BCUT2D eigenvalue weighted by molar-refractivity contribution is 5.91. The number of imidazole rings is 1. The van der Waals surface area contributed by atoms with Crippen LogP contribution in [0.1, 0.15) is 6.42 Å². The Bertz CT molecular complexity index is 458. The van der Waals surface area contributed by atoms with Crippen molar-refractivity contribution in [1.82, 2.24) is 15.3 Å². The van der Waals surface area contributed by atoms with E-state index < -0.39 is 0 Å². The van der Waals surface area contributed by atoms with Gasteiger partial charge in [0.05, 0.1) is 11.0 Å². The van der Waals surface area contributed by atoms with Gasteiger partial charge in [0.15, 0.2) is 0 Å². The summed E-state index contributed by atoms with van der Waals surface area (Å²) in [6.07, 6.45) is 0.438. The lowest BCUT2D eigenvalue weighted by atomic mass is 10.3. The van der Waals surface area contributed by atoms with Crippen LogP contribution in [0.25, 0.3) is 11.0 Å². The fraction of sp³-hybridized carbons (Fsp3) is 0.273. The number of H-pyrrole nitrogens is 1. The number of carbonyl (C=O) groups is 1. The third kappa shape index (κ3) is 2.38. The van der Waals surface area contributed by atoms with Gasteiger partial charge in [-0.05, 0) is 19.2 Å². The van der Waals surface area contributed by atoms with E-state index in [0.717, 1.165) is 11.0 Å². The fourth-order valence-corrected chi connectivity index (χ4v) is 1.45. The minimum Gasteiger partial charge on any atom is -0.324 e. The maximum Gasteiger partial charge on any atom is 0.227 e. The van der Waals surface area contributed by atoms with Crippen molar-refractivity contribution in [1.29, 1.82) is 0 Å². The molecular weight excluding hydrogens is 204 g/mol. The Morgan fingerprint density at radius 2 is 2.25 bits per heavy atom. The molecule has 1 aromatic heterocycles. The number of hydrogen-bond acceptors (Lipinski definition) is 3. The number of anilines is 1. The standard InChI is InChI=1S/C11H14N4O/c1-12-7-6-10(16)15-11-13-8-4-2-3-5-9(8)14-11/h2-5,12H,6-7H2,1H3,(H2,13,14,15,16). The summed E-state index contributed by atoms with van der Waals surface area (Å²) in [5.74, 6) is 0.454. The molecule has 2 aromatic rings. The van der Waals surface area contributed by atoms with Crippen LogP contribution in [-0.4, -0.2) is 29.5 Å². The number of carbonyl (C=O) groups excluding carboxylic acids is 1. The largest absolute Gasteiger partial charge is 0.324 e. The molecule has 0 saturated carbocycles. The van der Waals surface area contributed by atoms with Gasteiger partial charge in [-0.3, -0.25) is 10.1 Å². The van der Waals surface area contributed by atoms with E-state index in [2.05, 4.69) is 20.6 Å². The average molecular weight is 218 g/mol. The number of aromatic amines is 1. The van der Waals surface area contributed by atoms with Crippen LogP contribution in [0.5, 0.6) is 0 Å². The number of hydrogen-bond donors (Lipinski definition) is 3. The van der Waals surface area contributed by atoms with Crippen LogP contribution < -0.4 is 10.6 Å². The van der Waals surface area contributed by atoms with E-state index in [9.17, 15) is 4.79 Å². The van der Waals surface area contributed by atoms with Crippen molar-refractivity contribution in [3.63, 3.8) is 0 Å². The van der Waals surface area contributed by atoms with Gasteiger partial charge in [0.25, 0.3) is 0 Å². The van der Waals surface area contributed by atoms with E-state index in [1.807, 2.05) is 31.3 Å². The second-order valence-electron chi connectivity index (χ2n) is 3.50. The molecule has 2 rings (SSSR count). The van der Waals surface area contributed by atoms with Crippen LogP contribution in [0, 0.1) is 0 Å². The van der Waals surface area contributed by atoms with Crippen molar-refractivity contribution in [2.24, 2.45) is 0 Å². The van der Waals surface area contributed by atoms with Crippen molar-refractivity contribution in [2.45, 2.75) is 6.42 Å². The number of nitrogens with one attached hydrogen (secondary N) is 3. The minimum absolute atomic E-state index is 0.0478. The average Bonchev–Trinajstić information content (AvgIpc) is 2.68. The Morgan fingerprint density at radius 3 is 3.00 bits per heavy atom. The number of rotatable bonds is 4. The highest BCUT2D eigenvalue weighted by atomic mass is 16.1. The van der Waals surface area contributed by atoms with Gasteiger partial charge in [0.1, 0.15) is 0 Å². The maximum absolute atomic E-state index is 11.4. The first kappa shape index (κ1) is 10.6.